The average Bonchev–Trinajstić information content (AvgIpc) is 3.19. The van der Waals surface area contributed by atoms with Crippen LogP contribution in [0.3, 0.4) is 0 Å². The van der Waals surface area contributed by atoms with Gasteiger partial charge in [0.1, 0.15) is 23.6 Å². The third-order valence-electron chi connectivity index (χ3n) is 4.40. The summed E-state index contributed by atoms with van der Waals surface area (Å²) in [6, 6.07) is 18.9. The molecule has 0 aliphatic heterocycles. The zero-order valence-electron chi connectivity index (χ0n) is 15.9. The summed E-state index contributed by atoms with van der Waals surface area (Å²) in [4.78, 5) is 8.92. The Morgan fingerprint density at radius 3 is 2.03 bits per heavy atom. The molecular formula is C22H19N3O3S. The molecule has 0 spiro atoms. The molecule has 0 atom stereocenters. The highest BCUT2D eigenvalue weighted by Gasteiger charge is 2.18. The molecule has 6 nitrogen and oxygen atoms in total. The van der Waals surface area contributed by atoms with Crippen LogP contribution in [0.25, 0.3) is 22.5 Å². The van der Waals surface area contributed by atoms with Crippen LogP contribution in [-0.2, 0) is 0 Å². The fourth-order valence-electron chi connectivity index (χ4n) is 2.92. The summed E-state index contributed by atoms with van der Waals surface area (Å²) in [6.07, 6.45) is 3.38. The molecule has 4 rings (SSSR count). The maximum Gasteiger partial charge on any atom is 0.159 e. The van der Waals surface area contributed by atoms with Crippen LogP contribution in [-0.4, -0.2) is 33.3 Å². The van der Waals surface area contributed by atoms with Gasteiger partial charge in [-0.25, -0.2) is 9.97 Å². The summed E-state index contributed by atoms with van der Waals surface area (Å²) in [6.45, 7) is 0. The second-order valence-corrected chi connectivity index (χ2v) is 7.11. The van der Waals surface area contributed by atoms with E-state index in [2.05, 4.69) is 9.97 Å². The number of pyridine rings is 1. The summed E-state index contributed by atoms with van der Waals surface area (Å²) in [5.41, 5.74) is 3.65. The van der Waals surface area contributed by atoms with Gasteiger partial charge in [0.15, 0.2) is 5.03 Å². The van der Waals surface area contributed by atoms with Crippen molar-refractivity contribution in [1.82, 2.24) is 13.9 Å². The molecule has 1 N–H and O–H groups in total. The minimum Gasteiger partial charge on any atom is -0.505 e. The minimum absolute atomic E-state index is 0.123. The van der Waals surface area contributed by atoms with Crippen LogP contribution in [0, 0.1) is 0 Å². The van der Waals surface area contributed by atoms with Gasteiger partial charge >= 0.3 is 0 Å². The van der Waals surface area contributed by atoms with Crippen LogP contribution < -0.4 is 9.47 Å². The monoisotopic (exact) mass is 405 g/mol. The van der Waals surface area contributed by atoms with Gasteiger partial charge in [-0.1, -0.05) is 0 Å². The van der Waals surface area contributed by atoms with Gasteiger partial charge in [0.05, 0.1) is 25.6 Å². The van der Waals surface area contributed by atoms with Crippen molar-refractivity contribution >= 4 is 11.9 Å². The van der Waals surface area contributed by atoms with Crippen molar-refractivity contribution in [3.63, 3.8) is 0 Å². The zero-order valence-corrected chi connectivity index (χ0v) is 16.8. The second kappa shape index (κ2) is 8.28. The maximum atomic E-state index is 10.1. The predicted molar refractivity (Wildman–Crippen MR) is 113 cm³/mol. The smallest absolute Gasteiger partial charge is 0.159 e. The van der Waals surface area contributed by atoms with Crippen LogP contribution in [0.5, 0.6) is 17.2 Å². The Bertz CT molecular complexity index is 1110. The van der Waals surface area contributed by atoms with E-state index in [1.165, 1.54) is 11.9 Å². The van der Waals surface area contributed by atoms with Crippen LogP contribution in [0.2, 0.25) is 0 Å². The van der Waals surface area contributed by atoms with Crippen molar-refractivity contribution in [3.8, 4) is 39.8 Å². The lowest BCUT2D eigenvalue weighted by Gasteiger charge is -2.11. The molecule has 0 bridgehead atoms. The van der Waals surface area contributed by atoms with Crippen LogP contribution >= 0.6 is 11.9 Å². The Balaban J connectivity index is 1.82. The molecular weight excluding hydrogens is 386 g/mol. The molecule has 0 saturated carbocycles. The fourth-order valence-corrected chi connectivity index (χ4v) is 3.75. The number of nitrogens with zero attached hydrogens (tertiary/aromatic N) is 3. The van der Waals surface area contributed by atoms with E-state index in [1.807, 2.05) is 52.5 Å². The molecule has 2 aromatic carbocycles. The number of rotatable bonds is 6. The van der Waals surface area contributed by atoms with E-state index in [0.717, 1.165) is 34.0 Å². The number of aromatic nitrogens is 3. The quantitative estimate of drug-likeness (QED) is 0.493. The third kappa shape index (κ3) is 3.90. The molecule has 0 aliphatic rings. The molecule has 0 fully saturated rings. The van der Waals surface area contributed by atoms with E-state index in [0.29, 0.717) is 5.03 Å². The number of imidazole rings is 1. The van der Waals surface area contributed by atoms with E-state index in [1.54, 1.807) is 38.9 Å². The van der Waals surface area contributed by atoms with Crippen molar-refractivity contribution in [2.75, 3.05) is 14.2 Å². The minimum atomic E-state index is 0.123. The lowest BCUT2D eigenvalue weighted by atomic mass is 10.0. The molecule has 0 amide bonds. The molecule has 0 unspecified atom stereocenters. The summed E-state index contributed by atoms with van der Waals surface area (Å²) >= 11 is 1.31. The van der Waals surface area contributed by atoms with Crippen LogP contribution in [0.4, 0.5) is 0 Å². The zero-order chi connectivity index (χ0) is 20.2. The second-order valence-electron chi connectivity index (χ2n) is 6.14. The molecule has 2 aromatic heterocycles. The Hall–Kier alpha value is -3.45. The maximum absolute atomic E-state index is 10.1. The molecule has 0 radical (unpaired) electrons. The highest BCUT2D eigenvalue weighted by molar-refractivity contribution is 7.98. The molecule has 7 heteroatoms. The van der Waals surface area contributed by atoms with Gasteiger partial charge < -0.3 is 14.6 Å². The Morgan fingerprint density at radius 2 is 1.45 bits per heavy atom. The first kappa shape index (κ1) is 18.9. The number of aromatic hydroxyl groups is 1. The van der Waals surface area contributed by atoms with Gasteiger partial charge in [-0.15, -0.1) is 0 Å². The number of benzene rings is 2. The van der Waals surface area contributed by atoms with Gasteiger partial charge in [0.25, 0.3) is 0 Å². The van der Waals surface area contributed by atoms with Crippen molar-refractivity contribution < 1.29 is 14.6 Å². The topological polar surface area (TPSA) is 69.4 Å². The van der Waals surface area contributed by atoms with Crippen molar-refractivity contribution in [2.24, 2.45) is 0 Å². The normalized spacial score (nSPS) is 10.7. The Labute approximate surface area is 172 Å². The lowest BCUT2D eigenvalue weighted by Crippen LogP contribution is -1.93. The standard InChI is InChI=1S/C22H19N3O3S/c1-27-17-9-5-15(6-10-17)20-21(16-7-11-18(28-2)12-8-16)25(14-24-20)29-22-19(26)4-3-13-23-22/h3-14,26H,1-2H3. The molecule has 2 heterocycles. The first-order chi connectivity index (χ1) is 14.2. The van der Waals surface area contributed by atoms with E-state index in [-0.39, 0.29) is 5.75 Å². The highest BCUT2D eigenvalue weighted by Crippen LogP contribution is 2.38. The molecule has 0 aliphatic carbocycles. The van der Waals surface area contributed by atoms with Crippen molar-refractivity contribution in [1.29, 1.82) is 0 Å². The predicted octanol–water partition coefficient (Wildman–Crippen LogP) is 4.89. The molecule has 146 valence electrons. The first-order valence-electron chi connectivity index (χ1n) is 8.88. The van der Waals surface area contributed by atoms with Gasteiger partial charge in [-0.3, -0.25) is 3.97 Å². The highest BCUT2D eigenvalue weighted by atomic mass is 32.2. The van der Waals surface area contributed by atoms with Crippen molar-refractivity contribution in [2.45, 2.75) is 5.03 Å². The van der Waals surface area contributed by atoms with Crippen molar-refractivity contribution in [3.05, 3.63) is 73.2 Å². The van der Waals surface area contributed by atoms with Crippen LogP contribution in [0.1, 0.15) is 0 Å². The largest absolute Gasteiger partial charge is 0.505 e. The van der Waals surface area contributed by atoms with Gasteiger partial charge in [0, 0.05) is 29.3 Å². The first-order valence-corrected chi connectivity index (χ1v) is 9.65. The average molecular weight is 405 g/mol. The van der Waals surface area contributed by atoms with Gasteiger partial charge in [-0.2, -0.15) is 0 Å². The number of ether oxygens (including phenoxy) is 2. The summed E-state index contributed by atoms with van der Waals surface area (Å²) in [5, 5.41) is 10.6. The van der Waals surface area contributed by atoms with E-state index in [9.17, 15) is 5.11 Å². The third-order valence-corrected chi connectivity index (χ3v) is 5.36. The summed E-state index contributed by atoms with van der Waals surface area (Å²) in [7, 11) is 3.28. The fraction of sp³-hybridized carbons (Fsp3) is 0.0909. The lowest BCUT2D eigenvalue weighted by molar-refractivity contribution is 0.414. The molecule has 4 aromatic rings. The Kier molecular flexibility index (Phi) is 5.39. The Morgan fingerprint density at radius 1 is 0.828 bits per heavy atom. The molecule has 0 saturated heterocycles. The van der Waals surface area contributed by atoms with Crippen LogP contribution in [0.15, 0.2) is 78.2 Å². The van der Waals surface area contributed by atoms with E-state index in [4.69, 9.17) is 9.47 Å². The molecule has 29 heavy (non-hydrogen) atoms. The number of hydrogen-bond donors (Lipinski definition) is 1. The summed E-state index contributed by atoms with van der Waals surface area (Å²) in [5.74, 6) is 1.69. The van der Waals surface area contributed by atoms with Gasteiger partial charge in [0.2, 0.25) is 0 Å². The van der Waals surface area contributed by atoms with Gasteiger partial charge in [-0.05, 0) is 60.7 Å². The summed E-state index contributed by atoms with van der Waals surface area (Å²) < 4.78 is 12.5. The van der Waals surface area contributed by atoms with E-state index < -0.39 is 0 Å². The number of methoxy groups -OCH3 is 2. The SMILES string of the molecule is COc1ccc(-c2ncn(Sc3ncccc3O)c2-c2ccc(OC)cc2)cc1. The van der Waals surface area contributed by atoms with E-state index >= 15 is 0 Å². The number of hydrogen-bond acceptors (Lipinski definition) is 6.